The van der Waals surface area contributed by atoms with Gasteiger partial charge in [0.25, 0.3) is 0 Å². The van der Waals surface area contributed by atoms with Crippen molar-refractivity contribution in [3.63, 3.8) is 0 Å². The number of anilines is 1. The van der Waals surface area contributed by atoms with Crippen LogP contribution in [0.3, 0.4) is 0 Å². The van der Waals surface area contributed by atoms with E-state index in [1.165, 1.54) is 0 Å². The number of nitrogen functional groups attached to an aromatic ring is 1. The van der Waals surface area contributed by atoms with Gasteiger partial charge in [0.2, 0.25) is 5.88 Å². The maximum absolute atomic E-state index is 5.93. The molecular weight excluding hydrogens is 244 g/mol. The number of aryl methyl sites for hydroxylation is 1. The number of H-pyrrole nitrogens is 1. The number of hydrogen-bond donors (Lipinski definition) is 2. The Bertz CT molecular complexity index is 729. The van der Waals surface area contributed by atoms with Gasteiger partial charge in [-0.25, -0.2) is 4.98 Å². The van der Waals surface area contributed by atoms with Crippen molar-refractivity contribution >= 4 is 17.0 Å². The smallest absolute Gasteiger partial charge is 0.215 e. The quantitative estimate of drug-likeness (QED) is 0.739. The van der Waals surface area contributed by atoms with E-state index in [1.54, 1.807) is 24.0 Å². The zero-order valence-corrected chi connectivity index (χ0v) is 10.7. The number of nitrogens with two attached hydrogens (primary N) is 1. The number of rotatable bonds is 3. The fourth-order valence-electron chi connectivity index (χ4n) is 1.86. The Kier molecular flexibility index (Phi) is 2.59. The second-order valence-corrected chi connectivity index (χ2v) is 4.11. The van der Waals surface area contributed by atoms with Crippen LogP contribution in [0.15, 0.2) is 18.3 Å². The van der Waals surface area contributed by atoms with Gasteiger partial charge in [-0.1, -0.05) is 0 Å². The minimum atomic E-state index is 0.559. The first-order chi connectivity index (χ1) is 9.19. The SMILES string of the molecule is CCOc1ccc2[nH]c(-c3cnn(C)c3N)nc2n1. The van der Waals surface area contributed by atoms with E-state index in [4.69, 9.17) is 10.5 Å². The Hall–Kier alpha value is -2.57. The summed E-state index contributed by atoms with van der Waals surface area (Å²) in [6, 6.07) is 3.69. The van der Waals surface area contributed by atoms with Crippen LogP contribution in [0.5, 0.6) is 5.88 Å². The Labute approximate surface area is 109 Å². The lowest BCUT2D eigenvalue weighted by molar-refractivity contribution is 0.328. The Morgan fingerprint density at radius 1 is 1.37 bits per heavy atom. The number of nitrogens with one attached hydrogen (secondary N) is 1. The van der Waals surface area contributed by atoms with Crippen molar-refractivity contribution in [2.24, 2.45) is 7.05 Å². The molecule has 7 heteroatoms. The van der Waals surface area contributed by atoms with Gasteiger partial charge in [0.15, 0.2) is 5.65 Å². The van der Waals surface area contributed by atoms with Gasteiger partial charge >= 0.3 is 0 Å². The topological polar surface area (TPSA) is 94.6 Å². The zero-order chi connectivity index (χ0) is 13.4. The third kappa shape index (κ3) is 1.88. The van der Waals surface area contributed by atoms with Crippen LogP contribution in [-0.2, 0) is 7.05 Å². The highest BCUT2D eigenvalue weighted by molar-refractivity contribution is 5.79. The highest BCUT2D eigenvalue weighted by Crippen LogP contribution is 2.25. The van der Waals surface area contributed by atoms with E-state index in [1.807, 2.05) is 13.0 Å². The molecule has 0 atom stereocenters. The third-order valence-corrected chi connectivity index (χ3v) is 2.85. The zero-order valence-electron chi connectivity index (χ0n) is 10.7. The van der Waals surface area contributed by atoms with E-state index >= 15 is 0 Å². The minimum absolute atomic E-state index is 0.559. The molecule has 0 radical (unpaired) electrons. The molecule has 3 N–H and O–H groups in total. The molecule has 98 valence electrons. The maximum atomic E-state index is 5.93. The molecule has 0 unspecified atom stereocenters. The van der Waals surface area contributed by atoms with Crippen molar-refractivity contribution in [2.75, 3.05) is 12.3 Å². The summed E-state index contributed by atoms with van der Waals surface area (Å²) in [5, 5.41) is 4.10. The molecule has 3 rings (SSSR count). The Morgan fingerprint density at radius 3 is 2.89 bits per heavy atom. The fourth-order valence-corrected chi connectivity index (χ4v) is 1.86. The van der Waals surface area contributed by atoms with Gasteiger partial charge < -0.3 is 15.5 Å². The van der Waals surface area contributed by atoms with E-state index in [0.29, 0.717) is 29.8 Å². The third-order valence-electron chi connectivity index (χ3n) is 2.85. The molecule has 0 aliphatic rings. The first kappa shape index (κ1) is 11.5. The van der Waals surface area contributed by atoms with E-state index in [2.05, 4.69) is 20.1 Å². The molecular formula is C12H14N6O. The lowest BCUT2D eigenvalue weighted by atomic mass is 10.3. The summed E-state index contributed by atoms with van der Waals surface area (Å²) in [5.41, 5.74) is 8.13. The lowest BCUT2D eigenvalue weighted by Crippen LogP contribution is -1.98. The van der Waals surface area contributed by atoms with Crippen molar-refractivity contribution < 1.29 is 4.74 Å². The number of aromatic amines is 1. The van der Waals surface area contributed by atoms with Gasteiger partial charge in [-0.15, -0.1) is 0 Å². The Balaban J connectivity index is 2.08. The molecule has 3 heterocycles. The molecule has 0 aliphatic carbocycles. The molecule has 0 saturated carbocycles. The summed E-state index contributed by atoms with van der Waals surface area (Å²) in [6.45, 7) is 2.49. The molecule has 0 fully saturated rings. The second-order valence-electron chi connectivity index (χ2n) is 4.11. The fraction of sp³-hybridized carbons (Fsp3) is 0.250. The molecule has 0 aliphatic heterocycles. The van der Waals surface area contributed by atoms with Crippen molar-refractivity contribution in [3.05, 3.63) is 18.3 Å². The number of pyridine rings is 1. The number of fused-ring (bicyclic) bond motifs is 1. The van der Waals surface area contributed by atoms with Crippen LogP contribution in [0.4, 0.5) is 5.82 Å². The number of imidazole rings is 1. The summed E-state index contributed by atoms with van der Waals surface area (Å²) in [5.74, 6) is 1.78. The molecule has 19 heavy (non-hydrogen) atoms. The highest BCUT2D eigenvalue weighted by Gasteiger charge is 2.12. The number of hydrogen-bond acceptors (Lipinski definition) is 5. The normalized spacial score (nSPS) is 11.1. The lowest BCUT2D eigenvalue weighted by Gasteiger charge is -1.99. The number of ether oxygens (including phenoxy) is 1. The van der Waals surface area contributed by atoms with Crippen LogP contribution in [0.1, 0.15) is 6.92 Å². The predicted octanol–water partition coefficient (Wildman–Crippen LogP) is 1.34. The summed E-state index contributed by atoms with van der Waals surface area (Å²) >= 11 is 0. The van der Waals surface area contributed by atoms with Crippen molar-refractivity contribution in [3.8, 4) is 17.3 Å². The van der Waals surface area contributed by atoms with Gasteiger partial charge in [-0.3, -0.25) is 4.68 Å². The summed E-state index contributed by atoms with van der Waals surface area (Å²) in [4.78, 5) is 11.9. The summed E-state index contributed by atoms with van der Waals surface area (Å²) in [7, 11) is 1.78. The first-order valence-electron chi connectivity index (χ1n) is 5.96. The van der Waals surface area contributed by atoms with Gasteiger partial charge in [0.1, 0.15) is 11.6 Å². The van der Waals surface area contributed by atoms with Crippen LogP contribution in [0, 0.1) is 0 Å². The van der Waals surface area contributed by atoms with Crippen molar-refractivity contribution in [1.82, 2.24) is 24.7 Å². The van der Waals surface area contributed by atoms with Crippen LogP contribution >= 0.6 is 0 Å². The molecule has 0 aromatic carbocycles. The average molecular weight is 258 g/mol. The molecule has 7 nitrogen and oxygen atoms in total. The average Bonchev–Trinajstić information content (AvgIpc) is 2.94. The van der Waals surface area contributed by atoms with Gasteiger partial charge in [-0.2, -0.15) is 10.1 Å². The summed E-state index contributed by atoms with van der Waals surface area (Å²) < 4.78 is 6.95. The van der Waals surface area contributed by atoms with Crippen molar-refractivity contribution in [1.29, 1.82) is 0 Å². The highest BCUT2D eigenvalue weighted by atomic mass is 16.5. The molecule has 0 spiro atoms. The standard InChI is InChI=1S/C12H14N6O/c1-3-19-9-5-4-8-12(16-9)17-11(15-8)7-6-14-18(2)10(7)13/h4-6H,3,13H2,1-2H3,(H,15,16,17). The van der Waals surface area contributed by atoms with Crippen LogP contribution < -0.4 is 10.5 Å². The number of nitrogens with zero attached hydrogens (tertiary/aromatic N) is 4. The molecule has 0 bridgehead atoms. The first-order valence-corrected chi connectivity index (χ1v) is 5.96. The van der Waals surface area contributed by atoms with Crippen LogP contribution in [0.2, 0.25) is 0 Å². The van der Waals surface area contributed by atoms with Crippen molar-refractivity contribution in [2.45, 2.75) is 6.92 Å². The molecule has 0 saturated heterocycles. The largest absolute Gasteiger partial charge is 0.478 e. The minimum Gasteiger partial charge on any atom is -0.478 e. The number of aromatic nitrogens is 5. The van der Waals surface area contributed by atoms with Gasteiger partial charge in [0, 0.05) is 13.1 Å². The van der Waals surface area contributed by atoms with E-state index < -0.39 is 0 Å². The molecule has 3 aromatic rings. The van der Waals surface area contributed by atoms with E-state index in [-0.39, 0.29) is 0 Å². The molecule has 3 aromatic heterocycles. The Morgan fingerprint density at radius 2 is 2.21 bits per heavy atom. The van der Waals surface area contributed by atoms with Crippen LogP contribution in [-0.4, -0.2) is 31.3 Å². The second kappa shape index (κ2) is 4.27. The summed E-state index contributed by atoms with van der Waals surface area (Å²) in [6.07, 6.45) is 1.68. The van der Waals surface area contributed by atoms with E-state index in [0.717, 1.165) is 11.1 Å². The van der Waals surface area contributed by atoms with Gasteiger partial charge in [0.05, 0.1) is 23.9 Å². The van der Waals surface area contributed by atoms with Crippen LogP contribution in [0.25, 0.3) is 22.6 Å². The molecule has 0 amide bonds. The monoisotopic (exact) mass is 258 g/mol. The maximum Gasteiger partial charge on any atom is 0.215 e. The van der Waals surface area contributed by atoms with Gasteiger partial charge in [-0.05, 0) is 13.0 Å². The van der Waals surface area contributed by atoms with E-state index in [9.17, 15) is 0 Å². The predicted molar refractivity (Wildman–Crippen MR) is 71.7 cm³/mol.